The standard InChI is InChI=1S/C15H24NO4P/c1-5-16(6-2)14-11-9-13(10-12-14)15(17)21(18,19-7-3)20-8-4/h9-12H,5-8H2,1-4H3. The molecule has 0 N–H and O–H groups in total. The summed E-state index contributed by atoms with van der Waals surface area (Å²) in [6, 6.07) is 7.03. The zero-order chi connectivity index (χ0) is 15.9. The Hall–Kier alpha value is -1.16. The summed E-state index contributed by atoms with van der Waals surface area (Å²) >= 11 is 0. The van der Waals surface area contributed by atoms with E-state index in [-0.39, 0.29) is 13.2 Å². The van der Waals surface area contributed by atoms with Gasteiger partial charge in [-0.1, -0.05) is 0 Å². The van der Waals surface area contributed by atoms with Crippen LogP contribution in [0.5, 0.6) is 0 Å². The molecule has 118 valence electrons. The predicted molar refractivity (Wildman–Crippen MR) is 85.2 cm³/mol. The fourth-order valence-corrected chi connectivity index (χ4v) is 3.51. The highest BCUT2D eigenvalue weighted by molar-refractivity contribution is 7.72. The van der Waals surface area contributed by atoms with Crippen molar-refractivity contribution in [3.63, 3.8) is 0 Å². The summed E-state index contributed by atoms with van der Waals surface area (Å²) in [6.07, 6.45) is 0. The van der Waals surface area contributed by atoms with Crippen molar-refractivity contribution >= 4 is 18.8 Å². The molecule has 0 saturated heterocycles. The molecule has 0 unspecified atom stereocenters. The molecule has 0 aromatic heterocycles. The van der Waals surface area contributed by atoms with Gasteiger partial charge in [-0.15, -0.1) is 0 Å². The molecule has 1 aromatic carbocycles. The van der Waals surface area contributed by atoms with Crippen LogP contribution in [0.4, 0.5) is 5.69 Å². The second-order valence-electron chi connectivity index (χ2n) is 4.36. The van der Waals surface area contributed by atoms with Crippen LogP contribution in [-0.2, 0) is 13.6 Å². The van der Waals surface area contributed by atoms with E-state index in [0.29, 0.717) is 5.56 Å². The second-order valence-corrected chi connectivity index (χ2v) is 6.27. The molecule has 21 heavy (non-hydrogen) atoms. The highest BCUT2D eigenvalue weighted by Crippen LogP contribution is 2.51. The lowest BCUT2D eigenvalue weighted by Crippen LogP contribution is -2.21. The Kier molecular flexibility index (Phi) is 7.09. The molecule has 0 aliphatic carbocycles. The second kappa shape index (κ2) is 8.32. The summed E-state index contributed by atoms with van der Waals surface area (Å²) in [5, 5.41) is 0. The first-order chi connectivity index (χ1) is 10.0. The molecular formula is C15H24NO4P. The number of hydrogen-bond acceptors (Lipinski definition) is 5. The van der Waals surface area contributed by atoms with Crippen LogP contribution in [0.2, 0.25) is 0 Å². The van der Waals surface area contributed by atoms with Crippen molar-refractivity contribution in [3.05, 3.63) is 29.8 Å². The van der Waals surface area contributed by atoms with Crippen LogP contribution in [0, 0.1) is 0 Å². The number of anilines is 1. The van der Waals surface area contributed by atoms with Gasteiger partial charge in [-0.3, -0.25) is 9.36 Å². The van der Waals surface area contributed by atoms with Crippen LogP contribution >= 0.6 is 7.60 Å². The van der Waals surface area contributed by atoms with E-state index in [0.717, 1.165) is 18.8 Å². The molecule has 0 radical (unpaired) electrons. The maximum absolute atomic E-state index is 12.4. The summed E-state index contributed by atoms with van der Waals surface area (Å²) in [5.74, 6) is 0. The quantitative estimate of drug-likeness (QED) is 0.646. The van der Waals surface area contributed by atoms with Gasteiger partial charge in [0.1, 0.15) is 0 Å². The molecule has 0 spiro atoms. The summed E-state index contributed by atoms with van der Waals surface area (Å²) in [5.41, 5.74) is 0.785. The molecule has 0 bridgehead atoms. The molecule has 0 heterocycles. The van der Waals surface area contributed by atoms with Crippen LogP contribution in [0.1, 0.15) is 38.1 Å². The summed E-state index contributed by atoms with van der Waals surface area (Å²) in [6.45, 7) is 9.62. The van der Waals surface area contributed by atoms with Gasteiger partial charge >= 0.3 is 7.60 Å². The SMILES string of the molecule is CCOP(=O)(OCC)C(=O)c1ccc(N(CC)CC)cc1. The van der Waals surface area contributed by atoms with E-state index in [1.54, 1.807) is 26.0 Å². The van der Waals surface area contributed by atoms with Gasteiger partial charge in [0.05, 0.1) is 13.2 Å². The Morgan fingerprint density at radius 3 is 1.86 bits per heavy atom. The molecule has 1 rings (SSSR count). The number of nitrogens with zero attached hydrogens (tertiary/aromatic N) is 1. The van der Waals surface area contributed by atoms with Crippen molar-refractivity contribution in [1.29, 1.82) is 0 Å². The van der Waals surface area contributed by atoms with Crippen molar-refractivity contribution in [2.45, 2.75) is 27.7 Å². The van der Waals surface area contributed by atoms with E-state index in [1.807, 2.05) is 12.1 Å². The Morgan fingerprint density at radius 1 is 1.00 bits per heavy atom. The Labute approximate surface area is 126 Å². The van der Waals surface area contributed by atoms with Crippen LogP contribution < -0.4 is 4.90 Å². The van der Waals surface area contributed by atoms with Gasteiger partial charge in [0, 0.05) is 24.3 Å². The van der Waals surface area contributed by atoms with E-state index >= 15 is 0 Å². The van der Waals surface area contributed by atoms with Gasteiger partial charge in [-0.05, 0) is 52.0 Å². The van der Waals surface area contributed by atoms with Crippen molar-refractivity contribution < 1.29 is 18.4 Å². The molecule has 0 amide bonds. The van der Waals surface area contributed by atoms with Crippen LogP contribution in [0.25, 0.3) is 0 Å². The van der Waals surface area contributed by atoms with Crippen LogP contribution in [0.15, 0.2) is 24.3 Å². The molecule has 0 atom stereocenters. The van der Waals surface area contributed by atoms with Gasteiger partial charge in [-0.2, -0.15) is 0 Å². The molecule has 0 fully saturated rings. The first-order valence-corrected chi connectivity index (χ1v) is 8.85. The first kappa shape index (κ1) is 17.9. The average Bonchev–Trinajstić information content (AvgIpc) is 2.49. The molecule has 6 heteroatoms. The predicted octanol–water partition coefficient (Wildman–Crippen LogP) is 3.94. The normalized spacial score (nSPS) is 11.4. The minimum absolute atomic E-state index is 0.167. The van der Waals surface area contributed by atoms with E-state index in [9.17, 15) is 9.36 Å². The lowest BCUT2D eigenvalue weighted by Gasteiger charge is -2.21. The monoisotopic (exact) mass is 313 g/mol. The zero-order valence-electron chi connectivity index (χ0n) is 13.2. The van der Waals surface area contributed by atoms with Gasteiger partial charge < -0.3 is 13.9 Å². The van der Waals surface area contributed by atoms with E-state index in [1.165, 1.54) is 0 Å². The summed E-state index contributed by atoms with van der Waals surface area (Å²) in [7, 11) is -3.74. The van der Waals surface area contributed by atoms with Gasteiger partial charge in [0.25, 0.3) is 5.52 Å². The molecule has 0 aliphatic heterocycles. The number of carbonyl (C=O) groups is 1. The summed E-state index contributed by atoms with van der Waals surface area (Å²) in [4.78, 5) is 14.5. The third-order valence-electron chi connectivity index (χ3n) is 3.09. The molecule has 0 saturated carbocycles. The van der Waals surface area contributed by atoms with Gasteiger partial charge in [0.2, 0.25) is 0 Å². The highest BCUT2D eigenvalue weighted by Gasteiger charge is 2.35. The Morgan fingerprint density at radius 2 is 1.48 bits per heavy atom. The van der Waals surface area contributed by atoms with Crippen molar-refractivity contribution in [1.82, 2.24) is 0 Å². The van der Waals surface area contributed by atoms with Gasteiger partial charge in [0.15, 0.2) is 0 Å². The Balaban J connectivity index is 2.99. The van der Waals surface area contributed by atoms with E-state index < -0.39 is 13.1 Å². The number of hydrogen-bond donors (Lipinski definition) is 0. The Bertz CT molecular complexity index is 487. The number of benzene rings is 1. The highest BCUT2D eigenvalue weighted by atomic mass is 31.2. The minimum Gasteiger partial charge on any atom is -0.372 e. The molecule has 1 aromatic rings. The van der Waals surface area contributed by atoms with Gasteiger partial charge in [-0.25, -0.2) is 0 Å². The molecule has 0 aliphatic rings. The number of rotatable bonds is 9. The molecular weight excluding hydrogens is 289 g/mol. The fourth-order valence-electron chi connectivity index (χ4n) is 2.06. The van der Waals surface area contributed by atoms with Crippen LogP contribution in [0.3, 0.4) is 0 Å². The smallest absolute Gasteiger partial charge is 0.372 e. The van der Waals surface area contributed by atoms with Crippen LogP contribution in [-0.4, -0.2) is 31.8 Å². The molecule has 5 nitrogen and oxygen atoms in total. The lowest BCUT2D eigenvalue weighted by molar-refractivity contribution is 0.100. The topological polar surface area (TPSA) is 55.8 Å². The lowest BCUT2D eigenvalue weighted by atomic mass is 10.2. The van der Waals surface area contributed by atoms with Crippen molar-refractivity contribution in [2.24, 2.45) is 0 Å². The summed E-state index contributed by atoms with van der Waals surface area (Å²) < 4.78 is 22.6. The zero-order valence-corrected chi connectivity index (χ0v) is 14.1. The number of carbonyl (C=O) groups excluding carboxylic acids is 1. The van der Waals surface area contributed by atoms with E-state index in [2.05, 4.69) is 18.7 Å². The van der Waals surface area contributed by atoms with E-state index in [4.69, 9.17) is 9.05 Å². The third kappa shape index (κ3) is 4.40. The van der Waals surface area contributed by atoms with Crippen molar-refractivity contribution in [2.75, 3.05) is 31.2 Å². The van der Waals surface area contributed by atoms with Crippen molar-refractivity contribution in [3.8, 4) is 0 Å². The largest absolute Gasteiger partial charge is 0.401 e. The minimum atomic E-state index is -3.74. The average molecular weight is 313 g/mol. The first-order valence-electron chi connectivity index (χ1n) is 7.31. The maximum atomic E-state index is 12.4. The maximum Gasteiger partial charge on any atom is 0.401 e. The fraction of sp³-hybridized carbons (Fsp3) is 0.533. The third-order valence-corrected chi connectivity index (χ3v) is 5.04.